The van der Waals surface area contributed by atoms with Crippen LogP contribution in [0.25, 0.3) is 0 Å². The largest absolute Gasteiger partial charge is 0.387 e. The Kier molecular flexibility index (Phi) is 11.4. The van der Waals surface area contributed by atoms with E-state index >= 15 is 0 Å². The van der Waals surface area contributed by atoms with Crippen molar-refractivity contribution in [1.29, 1.82) is 0 Å². The van der Waals surface area contributed by atoms with E-state index in [1.54, 1.807) is 0 Å². The third kappa shape index (κ3) is 8.03. The Balaban J connectivity index is 0.00000420. The van der Waals surface area contributed by atoms with Gasteiger partial charge in [-0.1, -0.05) is 13.8 Å². The van der Waals surface area contributed by atoms with E-state index in [-0.39, 0.29) is 24.0 Å². The van der Waals surface area contributed by atoms with Crippen LogP contribution in [0, 0.1) is 0 Å². The Hall–Kier alpha value is -0.910. The highest BCUT2D eigenvalue weighted by molar-refractivity contribution is 14.0. The number of aliphatic imine (C=N–C) groups is 1. The van der Waals surface area contributed by atoms with Crippen LogP contribution in [0.5, 0.6) is 0 Å². The number of hydrogen-bond acceptors (Lipinski definition) is 5. The van der Waals surface area contributed by atoms with Crippen molar-refractivity contribution >= 4 is 29.9 Å². The molecular weight excluding hydrogens is 483 g/mol. The molecule has 3 N–H and O–H groups in total. The Morgan fingerprint density at radius 2 is 1.90 bits per heavy atom. The number of rotatable bonds is 9. The van der Waals surface area contributed by atoms with E-state index in [0.717, 1.165) is 57.3 Å². The van der Waals surface area contributed by atoms with Crippen molar-refractivity contribution in [3.63, 3.8) is 0 Å². The highest BCUT2D eigenvalue weighted by Crippen LogP contribution is 2.16. The van der Waals surface area contributed by atoms with Gasteiger partial charge < -0.3 is 20.5 Å². The molecule has 0 bridgehead atoms. The van der Waals surface area contributed by atoms with Crippen LogP contribution in [-0.2, 0) is 31.2 Å². The summed E-state index contributed by atoms with van der Waals surface area (Å²) in [4.78, 5) is 7.00. The van der Waals surface area contributed by atoms with E-state index < -0.39 is 5.60 Å². The van der Waals surface area contributed by atoms with Crippen molar-refractivity contribution in [3.8, 4) is 0 Å². The van der Waals surface area contributed by atoms with Gasteiger partial charge in [-0.15, -0.1) is 24.0 Å². The Labute approximate surface area is 192 Å². The lowest BCUT2D eigenvalue weighted by molar-refractivity contribution is -0.0201. The number of β-amino-alcohol motifs (C(OH)–C–C–N with tert-alkyl or cyclic N) is 1. The van der Waals surface area contributed by atoms with Crippen LogP contribution >= 0.6 is 24.0 Å². The van der Waals surface area contributed by atoms with Gasteiger partial charge in [0.25, 0.3) is 0 Å². The number of nitrogens with one attached hydrogen (secondary N) is 2. The molecule has 0 aliphatic carbocycles. The number of aromatic nitrogens is 2. The molecular formula is C20H39IN6O2. The second-order valence-electron chi connectivity index (χ2n) is 7.64. The van der Waals surface area contributed by atoms with Crippen LogP contribution in [0.1, 0.15) is 44.6 Å². The number of hydrogen-bond donors (Lipinski definition) is 3. The van der Waals surface area contributed by atoms with Crippen LogP contribution in [0.15, 0.2) is 4.99 Å². The highest BCUT2D eigenvalue weighted by atomic mass is 127. The van der Waals surface area contributed by atoms with Gasteiger partial charge in [-0.2, -0.15) is 5.10 Å². The highest BCUT2D eigenvalue weighted by Gasteiger charge is 2.25. The van der Waals surface area contributed by atoms with Gasteiger partial charge >= 0.3 is 0 Å². The number of nitrogens with zero attached hydrogens (tertiary/aromatic N) is 4. The summed E-state index contributed by atoms with van der Waals surface area (Å²) in [5.74, 6) is 0.720. The van der Waals surface area contributed by atoms with Gasteiger partial charge in [0.1, 0.15) is 0 Å². The molecule has 1 saturated heterocycles. The summed E-state index contributed by atoms with van der Waals surface area (Å²) in [7, 11) is 2.00. The third-order valence-corrected chi connectivity index (χ3v) is 5.07. The minimum absolute atomic E-state index is 0. The first kappa shape index (κ1) is 26.1. The van der Waals surface area contributed by atoms with Crippen LogP contribution in [0.2, 0.25) is 0 Å². The van der Waals surface area contributed by atoms with Gasteiger partial charge in [0.15, 0.2) is 5.96 Å². The van der Waals surface area contributed by atoms with Gasteiger partial charge in [-0.05, 0) is 26.7 Å². The summed E-state index contributed by atoms with van der Waals surface area (Å²) in [6.07, 6.45) is 1.84. The second kappa shape index (κ2) is 12.7. The van der Waals surface area contributed by atoms with Gasteiger partial charge in [0.05, 0.1) is 31.1 Å². The molecule has 0 radical (unpaired) electrons. The minimum atomic E-state index is -0.842. The molecule has 1 aromatic rings. The fourth-order valence-electron chi connectivity index (χ4n) is 3.64. The van der Waals surface area contributed by atoms with Crippen LogP contribution in [0.3, 0.4) is 0 Å². The van der Waals surface area contributed by atoms with Gasteiger partial charge in [0, 0.05) is 51.0 Å². The van der Waals surface area contributed by atoms with Gasteiger partial charge in [-0.3, -0.25) is 9.58 Å². The Morgan fingerprint density at radius 3 is 2.48 bits per heavy atom. The zero-order valence-electron chi connectivity index (χ0n) is 18.6. The molecule has 1 aliphatic rings. The lowest BCUT2D eigenvalue weighted by Crippen LogP contribution is -2.52. The van der Waals surface area contributed by atoms with Crippen molar-refractivity contribution in [1.82, 2.24) is 25.3 Å². The van der Waals surface area contributed by atoms with Gasteiger partial charge in [0.2, 0.25) is 0 Å². The zero-order valence-corrected chi connectivity index (χ0v) is 21.0. The molecule has 29 heavy (non-hydrogen) atoms. The Morgan fingerprint density at radius 1 is 1.21 bits per heavy atom. The molecule has 2 rings (SSSR count). The molecule has 1 fully saturated rings. The predicted molar refractivity (Wildman–Crippen MR) is 128 cm³/mol. The maximum absolute atomic E-state index is 10.8. The average Bonchev–Trinajstić information content (AvgIpc) is 2.99. The number of halogens is 1. The first-order valence-corrected chi connectivity index (χ1v) is 10.5. The third-order valence-electron chi connectivity index (χ3n) is 5.07. The standard InChI is InChI=1S/C20H38N6O2.HI/c1-6-17-16(18(7-2)25(5)24-17)13-22-19(21-8-3)23-14-20(4,27)15-26-9-11-28-12-10-26;/h27H,6-15H2,1-5H3,(H2,21,22,23);1H. The van der Waals surface area contributed by atoms with E-state index in [1.165, 1.54) is 11.3 Å². The van der Waals surface area contributed by atoms with E-state index in [4.69, 9.17) is 9.73 Å². The lowest BCUT2D eigenvalue weighted by atomic mass is 10.1. The number of guanidine groups is 1. The molecule has 0 aromatic carbocycles. The SMILES string of the molecule is CCNC(=NCc1c(CC)nn(C)c1CC)NCC(C)(O)CN1CCOCC1.I. The maximum Gasteiger partial charge on any atom is 0.191 e. The topological polar surface area (TPSA) is 86.9 Å². The fraction of sp³-hybridized carbons (Fsp3) is 0.800. The van der Waals surface area contributed by atoms with E-state index in [2.05, 4.69) is 34.5 Å². The molecule has 8 nitrogen and oxygen atoms in total. The predicted octanol–water partition coefficient (Wildman–Crippen LogP) is 1.30. The molecule has 1 unspecified atom stereocenters. The molecule has 2 heterocycles. The molecule has 1 atom stereocenters. The van der Waals surface area contributed by atoms with Crippen molar-refractivity contribution in [3.05, 3.63) is 17.0 Å². The van der Waals surface area contributed by atoms with Gasteiger partial charge in [-0.25, -0.2) is 4.99 Å². The average molecular weight is 522 g/mol. The van der Waals surface area contributed by atoms with Crippen molar-refractivity contribution in [2.24, 2.45) is 12.0 Å². The number of morpholine rings is 1. The summed E-state index contributed by atoms with van der Waals surface area (Å²) in [5, 5.41) is 22.0. The summed E-state index contributed by atoms with van der Waals surface area (Å²) < 4.78 is 7.35. The van der Waals surface area contributed by atoms with E-state index in [9.17, 15) is 5.11 Å². The summed E-state index contributed by atoms with van der Waals surface area (Å²) >= 11 is 0. The number of aliphatic hydroxyl groups is 1. The molecule has 0 saturated carbocycles. The molecule has 0 spiro atoms. The quantitative estimate of drug-likeness (QED) is 0.258. The fourth-order valence-corrected chi connectivity index (χ4v) is 3.64. The summed E-state index contributed by atoms with van der Waals surface area (Å²) in [5.41, 5.74) is 2.71. The number of aryl methyl sites for hydroxylation is 2. The van der Waals surface area contributed by atoms with Crippen molar-refractivity contribution in [2.45, 2.75) is 52.7 Å². The minimum Gasteiger partial charge on any atom is -0.387 e. The van der Waals surface area contributed by atoms with Crippen LogP contribution < -0.4 is 10.6 Å². The first-order valence-electron chi connectivity index (χ1n) is 10.5. The molecule has 168 valence electrons. The van der Waals surface area contributed by atoms with Crippen LogP contribution in [0.4, 0.5) is 0 Å². The summed E-state index contributed by atoms with van der Waals surface area (Å²) in [6.45, 7) is 13.8. The zero-order chi connectivity index (χ0) is 20.6. The van der Waals surface area contributed by atoms with Crippen LogP contribution in [-0.4, -0.2) is 77.3 Å². The first-order chi connectivity index (χ1) is 13.4. The molecule has 9 heteroatoms. The van der Waals surface area contributed by atoms with E-state index in [0.29, 0.717) is 19.6 Å². The normalized spacial score (nSPS) is 17.5. The monoisotopic (exact) mass is 522 g/mol. The lowest BCUT2D eigenvalue weighted by Gasteiger charge is -2.34. The second-order valence-corrected chi connectivity index (χ2v) is 7.64. The van der Waals surface area contributed by atoms with Crippen molar-refractivity contribution < 1.29 is 9.84 Å². The van der Waals surface area contributed by atoms with Crippen molar-refractivity contribution in [2.75, 3.05) is 45.9 Å². The number of ether oxygens (including phenoxy) is 1. The maximum atomic E-state index is 10.8. The smallest absolute Gasteiger partial charge is 0.191 e. The Bertz CT molecular complexity index is 641. The molecule has 0 amide bonds. The summed E-state index contributed by atoms with van der Waals surface area (Å²) in [6, 6.07) is 0. The van der Waals surface area contributed by atoms with E-state index in [1.807, 2.05) is 25.6 Å². The molecule has 1 aromatic heterocycles. The molecule has 1 aliphatic heterocycles.